The van der Waals surface area contributed by atoms with Crippen molar-refractivity contribution in [2.45, 2.75) is 32.7 Å². The van der Waals surface area contributed by atoms with E-state index in [1.165, 1.54) is 5.56 Å². The zero-order valence-electron chi connectivity index (χ0n) is 13.2. The molecule has 0 aromatic heterocycles. The van der Waals surface area contributed by atoms with Crippen LogP contribution in [0.4, 0.5) is 0 Å². The lowest BCUT2D eigenvalue weighted by Crippen LogP contribution is -2.32. The molecule has 0 saturated carbocycles. The molecular weight excluding hydrogens is 274 g/mol. The predicted octanol–water partition coefficient (Wildman–Crippen LogP) is 2.95. The van der Waals surface area contributed by atoms with Gasteiger partial charge in [-0.3, -0.25) is 4.79 Å². The van der Waals surface area contributed by atoms with E-state index in [2.05, 4.69) is 12.2 Å². The normalized spacial score (nSPS) is 12.0. The van der Waals surface area contributed by atoms with Crippen LogP contribution in [0, 0.1) is 6.92 Å². The summed E-state index contributed by atoms with van der Waals surface area (Å²) in [5.41, 5.74) is 4.29. The zero-order valence-corrected chi connectivity index (χ0v) is 13.2. The summed E-state index contributed by atoms with van der Waals surface area (Å²) in [7, 11) is 0. The Morgan fingerprint density at radius 3 is 2.41 bits per heavy atom. The second kappa shape index (κ2) is 7.76. The number of amides is 1. The van der Waals surface area contributed by atoms with E-state index in [1.807, 2.05) is 55.5 Å². The second-order valence-corrected chi connectivity index (χ2v) is 5.50. The van der Waals surface area contributed by atoms with Crippen LogP contribution < -0.4 is 5.32 Å². The molecule has 0 aliphatic carbocycles. The molecule has 2 N–H and O–H groups in total. The van der Waals surface area contributed by atoms with E-state index in [-0.39, 0.29) is 18.6 Å². The summed E-state index contributed by atoms with van der Waals surface area (Å²) in [6, 6.07) is 15.5. The lowest BCUT2D eigenvalue weighted by atomic mass is 10.0. The number of hydrogen-bond donors (Lipinski definition) is 2. The molecule has 0 bridgehead atoms. The van der Waals surface area contributed by atoms with Gasteiger partial charge in [0, 0.05) is 0 Å². The first-order valence-corrected chi connectivity index (χ1v) is 7.67. The summed E-state index contributed by atoms with van der Waals surface area (Å²) in [6.07, 6.45) is 1.31. The Kier molecular flexibility index (Phi) is 5.73. The average molecular weight is 297 g/mol. The van der Waals surface area contributed by atoms with E-state index in [1.54, 1.807) is 0 Å². The largest absolute Gasteiger partial charge is 0.394 e. The van der Waals surface area contributed by atoms with Crippen molar-refractivity contribution in [3.63, 3.8) is 0 Å². The summed E-state index contributed by atoms with van der Waals surface area (Å²) in [5, 5.41) is 12.5. The quantitative estimate of drug-likeness (QED) is 0.861. The SMILES string of the molecule is CCc1ccc(C(CO)NC(=O)Cc2ccccc2C)cc1. The third kappa shape index (κ3) is 4.18. The number of aliphatic hydroxyl groups excluding tert-OH is 1. The van der Waals surface area contributed by atoms with Crippen molar-refractivity contribution < 1.29 is 9.90 Å². The fourth-order valence-electron chi connectivity index (χ4n) is 2.45. The maximum Gasteiger partial charge on any atom is 0.224 e. The van der Waals surface area contributed by atoms with E-state index < -0.39 is 0 Å². The van der Waals surface area contributed by atoms with E-state index in [0.29, 0.717) is 6.42 Å². The standard InChI is InChI=1S/C19H23NO2/c1-3-15-8-10-16(11-9-15)18(13-21)20-19(22)12-17-7-5-4-6-14(17)2/h4-11,18,21H,3,12-13H2,1-2H3,(H,20,22). The van der Waals surface area contributed by atoms with Crippen LogP contribution in [0.25, 0.3) is 0 Å². The molecule has 0 heterocycles. The summed E-state index contributed by atoms with van der Waals surface area (Å²) < 4.78 is 0. The number of carbonyl (C=O) groups excluding carboxylic acids is 1. The van der Waals surface area contributed by atoms with Crippen LogP contribution in [0.5, 0.6) is 0 Å². The summed E-state index contributed by atoms with van der Waals surface area (Å²) in [4.78, 5) is 12.2. The molecule has 2 aromatic rings. The van der Waals surface area contributed by atoms with Crippen molar-refractivity contribution in [3.8, 4) is 0 Å². The Balaban J connectivity index is 2.03. The molecular formula is C19H23NO2. The van der Waals surface area contributed by atoms with Crippen LogP contribution >= 0.6 is 0 Å². The minimum Gasteiger partial charge on any atom is -0.394 e. The third-order valence-corrected chi connectivity index (χ3v) is 3.92. The highest BCUT2D eigenvalue weighted by atomic mass is 16.3. The molecule has 3 heteroatoms. The van der Waals surface area contributed by atoms with Crippen LogP contribution in [-0.4, -0.2) is 17.6 Å². The van der Waals surface area contributed by atoms with Gasteiger partial charge >= 0.3 is 0 Å². The van der Waals surface area contributed by atoms with E-state index in [4.69, 9.17) is 0 Å². The second-order valence-electron chi connectivity index (χ2n) is 5.50. The average Bonchev–Trinajstić information content (AvgIpc) is 2.55. The molecule has 22 heavy (non-hydrogen) atoms. The molecule has 1 amide bonds. The first-order chi connectivity index (χ1) is 10.6. The highest BCUT2D eigenvalue weighted by molar-refractivity contribution is 5.79. The molecule has 1 unspecified atom stereocenters. The van der Waals surface area contributed by atoms with E-state index >= 15 is 0 Å². The summed E-state index contributed by atoms with van der Waals surface area (Å²) >= 11 is 0. The van der Waals surface area contributed by atoms with Gasteiger partial charge in [0.15, 0.2) is 0 Å². The maximum atomic E-state index is 12.2. The minimum atomic E-state index is -0.359. The molecule has 0 radical (unpaired) electrons. The van der Waals surface area contributed by atoms with Crippen LogP contribution in [0.2, 0.25) is 0 Å². The molecule has 0 aliphatic heterocycles. The highest BCUT2D eigenvalue weighted by Crippen LogP contribution is 2.15. The van der Waals surface area contributed by atoms with Crippen LogP contribution in [0.15, 0.2) is 48.5 Å². The predicted molar refractivity (Wildman–Crippen MR) is 88.7 cm³/mol. The number of aryl methyl sites for hydroxylation is 2. The summed E-state index contributed by atoms with van der Waals surface area (Å²) in [6.45, 7) is 3.99. The Hall–Kier alpha value is -2.13. The first kappa shape index (κ1) is 16.2. The van der Waals surface area contributed by atoms with Crippen molar-refractivity contribution in [1.82, 2.24) is 5.32 Å². The Morgan fingerprint density at radius 2 is 1.82 bits per heavy atom. The molecule has 0 aliphatic rings. The van der Waals surface area contributed by atoms with Crippen molar-refractivity contribution in [2.24, 2.45) is 0 Å². The highest BCUT2D eigenvalue weighted by Gasteiger charge is 2.14. The van der Waals surface area contributed by atoms with Gasteiger partial charge in [-0.15, -0.1) is 0 Å². The van der Waals surface area contributed by atoms with Crippen LogP contribution in [0.3, 0.4) is 0 Å². The Morgan fingerprint density at radius 1 is 1.14 bits per heavy atom. The van der Waals surface area contributed by atoms with Gasteiger partial charge in [-0.1, -0.05) is 55.5 Å². The van der Waals surface area contributed by atoms with Crippen molar-refractivity contribution in [2.75, 3.05) is 6.61 Å². The van der Waals surface area contributed by atoms with Gasteiger partial charge in [-0.05, 0) is 35.6 Å². The van der Waals surface area contributed by atoms with E-state index in [9.17, 15) is 9.90 Å². The van der Waals surface area contributed by atoms with Gasteiger partial charge in [0.1, 0.15) is 0 Å². The van der Waals surface area contributed by atoms with Crippen molar-refractivity contribution >= 4 is 5.91 Å². The monoisotopic (exact) mass is 297 g/mol. The first-order valence-electron chi connectivity index (χ1n) is 7.67. The number of carbonyl (C=O) groups is 1. The van der Waals surface area contributed by atoms with Crippen molar-refractivity contribution in [3.05, 3.63) is 70.8 Å². The molecule has 0 saturated heterocycles. The number of hydrogen-bond acceptors (Lipinski definition) is 2. The Labute approximate surface area is 132 Å². The Bertz CT molecular complexity index is 620. The zero-order chi connectivity index (χ0) is 15.9. The summed E-state index contributed by atoms with van der Waals surface area (Å²) in [5.74, 6) is -0.0760. The van der Waals surface area contributed by atoms with Gasteiger partial charge in [-0.2, -0.15) is 0 Å². The number of nitrogens with one attached hydrogen (secondary N) is 1. The molecule has 3 nitrogen and oxygen atoms in total. The smallest absolute Gasteiger partial charge is 0.224 e. The molecule has 1 atom stereocenters. The number of rotatable bonds is 6. The third-order valence-electron chi connectivity index (χ3n) is 3.92. The maximum absolute atomic E-state index is 12.2. The fourth-order valence-corrected chi connectivity index (χ4v) is 2.45. The lowest BCUT2D eigenvalue weighted by Gasteiger charge is -2.17. The number of aliphatic hydroxyl groups is 1. The fraction of sp³-hybridized carbons (Fsp3) is 0.316. The molecule has 2 aromatic carbocycles. The molecule has 0 spiro atoms. The lowest BCUT2D eigenvalue weighted by molar-refractivity contribution is -0.121. The van der Waals surface area contributed by atoms with Crippen LogP contribution in [-0.2, 0) is 17.6 Å². The molecule has 0 fully saturated rings. The van der Waals surface area contributed by atoms with Gasteiger partial charge < -0.3 is 10.4 Å². The van der Waals surface area contributed by atoms with E-state index in [0.717, 1.165) is 23.1 Å². The van der Waals surface area contributed by atoms with Gasteiger partial charge in [0.05, 0.1) is 19.1 Å². The number of benzene rings is 2. The molecule has 116 valence electrons. The molecule has 2 rings (SSSR count). The van der Waals surface area contributed by atoms with Crippen molar-refractivity contribution in [1.29, 1.82) is 0 Å². The topological polar surface area (TPSA) is 49.3 Å². The van der Waals surface area contributed by atoms with Crippen LogP contribution in [0.1, 0.15) is 35.2 Å². The van der Waals surface area contributed by atoms with Gasteiger partial charge in [0.25, 0.3) is 0 Å². The van der Waals surface area contributed by atoms with Gasteiger partial charge in [-0.25, -0.2) is 0 Å². The minimum absolute atomic E-state index is 0.0760. The van der Waals surface area contributed by atoms with Gasteiger partial charge in [0.2, 0.25) is 5.91 Å².